The summed E-state index contributed by atoms with van der Waals surface area (Å²) in [5.74, 6) is 0.817. The summed E-state index contributed by atoms with van der Waals surface area (Å²) >= 11 is 3.60. The lowest BCUT2D eigenvalue weighted by Gasteiger charge is -2.31. The number of aromatic nitrogens is 1. The summed E-state index contributed by atoms with van der Waals surface area (Å²) in [5, 5.41) is 1.13. The Hall–Kier alpha value is -0.410. The van der Waals surface area contributed by atoms with Gasteiger partial charge in [0.25, 0.3) is 0 Å². The van der Waals surface area contributed by atoms with Crippen molar-refractivity contribution in [1.82, 2.24) is 9.88 Å². The van der Waals surface area contributed by atoms with Crippen LogP contribution in [0.1, 0.15) is 24.1 Å². The van der Waals surface area contributed by atoms with Crippen LogP contribution in [-0.2, 0) is 6.54 Å². The molecule has 1 aliphatic heterocycles. The molecule has 1 atom stereocenters. The first-order valence-corrected chi connectivity index (χ1v) is 7.10. The highest BCUT2D eigenvalue weighted by atomic mass is 79.9. The molecule has 0 N–H and O–H groups in total. The van der Waals surface area contributed by atoms with Crippen molar-refractivity contribution in [1.29, 1.82) is 0 Å². The zero-order valence-corrected chi connectivity index (χ0v) is 11.4. The molecule has 0 bridgehead atoms. The maximum Gasteiger partial charge on any atom is 0.0573 e. The minimum atomic E-state index is 0.817. The van der Waals surface area contributed by atoms with Crippen molar-refractivity contribution in [2.24, 2.45) is 5.92 Å². The van der Waals surface area contributed by atoms with Crippen molar-refractivity contribution in [2.45, 2.75) is 26.3 Å². The maximum absolute atomic E-state index is 4.47. The fraction of sp³-hybridized carbons (Fsp3) is 0.615. The van der Waals surface area contributed by atoms with E-state index in [2.05, 4.69) is 38.8 Å². The van der Waals surface area contributed by atoms with Gasteiger partial charge in [-0.05, 0) is 43.9 Å². The van der Waals surface area contributed by atoms with E-state index in [0.717, 1.165) is 17.8 Å². The molecule has 0 radical (unpaired) electrons. The number of nitrogens with zero attached hydrogens (tertiary/aromatic N) is 2. The molecule has 0 aromatic carbocycles. The van der Waals surface area contributed by atoms with Crippen LogP contribution in [-0.4, -0.2) is 28.3 Å². The zero-order valence-electron chi connectivity index (χ0n) is 9.82. The first kappa shape index (κ1) is 12.1. The Morgan fingerprint density at radius 3 is 3.19 bits per heavy atom. The fourth-order valence-corrected chi connectivity index (χ4v) is 2.85. The van der Waals surface area contributed by atoms with Crippen molar-refractivity contribution in [3.8, 4) is 0 Å². The molecule has 0 saturated carbocycles. The van der Waals surface area contributed by atoms with Gasteiger partial charge in [-0.1, -0.05) is 22.0 Å². The van der Waals surface area contributed by atoms with Crippen LogP contribution in [0.2, 0.25) is 0 Å². The van der Waals surface area contributed by atoms with Crippen LogP contribution in [0.15, 0.2) is 18.3 Å². The first-order chi connectivity index (χ1) is 7.79. The molecule has 2 nitrogen and oxygen atoms in total. The lowest BCUT2D eigenvalue weighted by molar-refractivity contribution is 0.177. The van der Waals surface area contributed by atoms with E-state index in [9.17, 15) is 0 Å². The van der Waals surface area contributed by atoms with Crippen molar-refractivity contribution >= 4 is 15.9 Å². The quantitative estimate of drug-likeness (QED) is 0.793. The minimum absolute atomic E-state index is 0.817. The van der Waals surface area contributed by atoms with Gasteiger partial charge in [0.05, 0.1) is 5.69 Å². The SMILES string of the molecule is Cc1cccnc1CN1CCCC(CBr)C1. The molecule has 2 rings (SSSR count). The Bertz CT molecular complexity index is 340. The topological polar surface area (TPSA) is 16.1 Å². The van der Waals surface area contributed by atoms with E-state index in [-0.39, 0.29) is 0 Å². The molecule has 88 valence electrons. The second kappa shape index (κ2) is 5.78. The summed E-state index contributed by atoms with van der Waals surface area (Å²) in [5.41, 5.74) is 2.54. The van der Waals surface area contributed by atoms with Gasteiger partial charge in [-0.15, -0.1) is 0 Å². The smallest absolute Gasteiger partial charge is 0.0573 e. The third kappa shape index (κ3) is 3.05. The van der Waals surface area contributed by atoms with E-state index < -0.39 is 0 Å². The van der Waals surface area contributed by atoms with Crippen LogP contribution in [0.4, 0.5) is 0 Å². The highest BCUT2D eigenvalue weighted by Gasteiger charge is 2.19. The van der Waals surface area contributed by atoms with Gasteiger partial charge in [-0.3, -0.25) is 9.88 Å². The summed E-state index contributed by atoms with van der Waals surface area (Å²) < 4.78 is 0. The first-order valence-electron chi connectivity index (χ1n) is 5.98. The van der Waals surface area contributed by atoms with Gasteiger partial charge >= 0.3 is 0 Å². The number of hydrogen-bond acceptors (Lipinski definition) is 2. The molecule has 3 heteroatoms. The summed E-state index contributed by atoms with van der Waals surface area (Å²) in [6, 6.07) is 4.16. The maximum atomic E-state index is 4.47. The Balaban J connectivity index is 1.97. The van der Waals surface area contributed by atoms with Crippen molar-refractivity contribution in [3.05, 3.63) is 29.6 Å². The van der Waals surface area contributed by atoms with E-state index >= 15 is 0 Å². The molecule has 0 amide bonds. The number of piperidine rings is 1. The van der Waals surface area contributed by atoms with Crippen LogP contribution in [0.5, 0.6) is 0 Å². The van der Waals surface area contributed by atoms with Gasteiger partial charge < -0.3 is 0 Å². The zero-order chi connectivity index (χ0) is 11.4. The Morgan fingerprint density at radius 1 is 1.56 bits per heavy atom. The third-order valence-electron chi connectivity index (χ3n) is 3.31. The molecule has 2 heterocycles. The molecule has 1 saturated heterocycles. The van der Waals surface area contributed by atoms with Crippen molar-refractivity contribution in [3.63, 3.8) is 0 Å². The molecular formula is C13H19BrN2. The number of aryl methyl sites for hydroxylation is 1. The van der Waals surface area contributed by atoms with Gasteiger partial charge in [0, 0.05) is 24.6 Å². The Labute approximate surface area is 106 Å². The molecular weight excluding hydrogens is 264 g/mol. The van der Waals surface area contributed by atoms with Crippen LogP contribution in [0.3, 0.4) is 0 Å². The number of rotatable bonds is 3. The lowest BCUT2D eigenvalue weighted by atomic mass is 10.00. The monoisotopic (exact) mass is 282 g/mol. The second-order valence-electron chi connectivity index (χ2n) is 4.66. The average molecular weight is 283 g/mol. The van der Waals surface area contributed by atoms with Crippen LogP contribution in [0, 0.1) is 12.8 Å². The van der Waals surface area contributed by atoms with Gasteiger partial charge in [0.2, 0.25) is 0 Å². The minimum Gasteiger partial charge on any atom is -0.297 e. The Kier molecular flexibility index (Phi) is 4.36. The normalized spacial score (nSPS) is 22.2. The van der Waals surface area contributed by atoms with E-state index in [4.69, 9.17) is 0 Å². The van der Waals surface area contributed by atoms with Gasteiger partial charge in [-0.25, -0.2) is 0 Å². The average Bonchev–Trinajstić information content (AvgIpc) is 2.32. The van der Waals surface area contributed by atoms with Gasteiger partial charge in [0.1, 0.15) is 0 Å². The van der Waals surface area contributed by atoms with E-state index in [0.29, 0.717) is 0 Å². The summed E-state index contributed by atoms with van der Waals surface area (Å²) in [6.45, 7) is 5.59. The molecule has 1 fully saturated rings. The number of hydrogen-bond donors (Lipinski definition) is 0. The molecule has 0 aliphatic carbocycles. The lowest BCUT2D eigenvalue weighted by Crippen LogP contribution is -2.35. The van der Waals surface area contributed by atoms with Crippen LogP contribution in [0.25, 0.3) is 0 Å². The third-order valence-corrected chi connectivity index (χ3v) is 4.23. The number of halogens is 1. The van der Waals surface area contributed by atoms with Crippen molar-refractivity contribution in [2.75, 3.05) is 18.4 Å². The van der Waals surface area contributed by atoms with Crippen LogP contribution < -0.4 is 0 Å². The Morgan fingerprint density at radius 2 is 2.44 bits per heavy atom. The molecule has 1 unspecified atom stereocenters. The molecule has 1 aromatic rings. The van der Waals surface area contributed by atoms with Crippen molar-refractivity contribution < 1.29 is 0 Å². The molecule has 1 aromatic heterocycles. The second-order valence-corrected chi connectivity index (χ2v) is 5.31. The summed E-state index contributed by atoms with van der Waals surface area (Å²) in [6.07, 6.45) is 4.58. The van der Waals surface area contributed by atoms with Crippen LogP contribution >= 0.6 is 15.9 Å². The summed E-state index contributed by atoms with van der Waals surface area (Å²) in [4.78, 5) is 7.00. The van der Waals surface area contributed by atoms with Gasteiger partial charge in [0.15, 0.2) is 0 Å². The molecule has 1 aliphatic rings. The molecule has 0 spiro atoms. The predicted octanol–water partition coefficient (Wildman–Crippen LogP) is 3.00. The van der Waals surface area contributed by atoms with E-state index in [1.165, 1.54) is 37.2 Å². The predicted molar refractivity (Wildman–Crippen MR) is 70.8 cm³/mol. The van der Waals surface area contributed by atoms with E-state index in [1.807, 2.05) is 12.3 Å². The standard InChI is InChI=1S/C13H19BrN2/c1-11-4-2-6-15-13(11)10-16-7-3-5-12(8-14)9-16/h2,4,6,12H,3,5,7-10H2,1H3. The molecule has 16 heavy (non-hydrogen) atoms. The highest BCUT2D eigenvalue weighted by molar-refractivity contribution is 9.09. The largest absolute Gasteiger partial charge is 0.297 e. The fourth-order valence-electron chi connectivity index (χ4n) is 2.32. The number of pyridine rings is 1. The number of alkyl halides is 1. The summed E-state index contributed by atoms with van der Waals surface area (Å²) in [7, 11) is 0. The number of likely N-dealkylation sites (tertiary alicyclic amines) is 1. The van der Waals surface area contributed by atoms with E-state index in [1.54, 1.807) is 0 Å². The highest BCUT2D eigenvalue weighted by Crippen LogP contribution is 2.20. The van der Waals surface area contributed by atoms with Gasteiger partial charge in [-0.2, -0.15) is 0 Å².